The van der Waals surface area contributed by atoms with E-state index in [1.165, 1.54) is 7.11 Å². The minimum Gasteiger partial charge on any atom is -0.496 e. The van der Waals surface area contributed by atoms with Crippen molar-refractivity contribution in [3.63, 3.8) is 0 Å². The molecule has 0 atom stereocenters. The predicted molar refractivity (Wildman–Crippen MR) is 105 cm³/mol. The van der Waals surface area contributed by atoms with Gasteiger partial charge in [-0.3, -0.25) is 4.79 Å². The molecular formula is C18H30Cl2N2O2. The second-order valence-electron chi connectivity index (χ2n) is 6.21. The van der Waals surface area contributed by atoms with Gasteiger partial charge in [0, 0.05) is 18.0 Å². The molecule has 0 unspecified atom stereocenters. The second-order valence-corrected chi connectivity index (χ2v) is 6.62. The Morgan fingerprint density at radius 2 is 1.79 bits per heavy atom. The number of hydrogen-bond donors (Lipinski definition) is 2. The van der Waals surface area contributed by atoms with Gasteiger partial charge in [0.2, 0.25) is 0 Å². The van der Waals surface area contributed by atoms with Crippen LogP contribution in [0.1, 0.15) is 69.2 Å². The van der Waals surface area contributed by atoms with Crippen LogP contribution in [-0.2, 0) is 0 Å². The lowest BCUT2D eigenvalue weighted by molar-refractivity contribution is 0.0973. The van der Waals surface area contributed by atoms with Crippen LogP contribution in [0, 0.1) is 0 Å². The van der Waals surface area contributed by atoms with Gasteiger partial charge in [-0.25, -0.2) is 0 Å². The van der Waals surface area contributed by atoms with Crippen LogP contribution in [0.2, 0.25) is 5.02 Å². The number of nitrogen functional groups attached to an aromatic ring is 1. The molecule has 0 aliphatic rings. The summed E-state index contributed by atoms with van der Waals surface area (Å²) in [5, 5.41) is 0.374. The Morgan fingerprint density at radius 3 is 2.29 bits per heavy atom. The van der Waals surface area contributed by atoms with Crippen LogP contribution < -0.4 is 16.2 Å². The van der Waals surface area contributed by atoms with Crippen LogP contribution in [0.5, 0.6) is 5.75 Å². The van der Waals surface area contributed by atoms with Crippen LogP contribution in [0.4, 0.5) is 5.69 Å². The number of ketones is 1. The number of Topliss-reactive ketones (excluding diaryl/α,β-unsaturated/α-hetero) is 1. The molecule has 0 fully saturated rings. The number of hydrogen-bond acceptors (Lipinski definition) is 4. The van der Waals surface area contributed by atoms with E-state index in [0.717, 1.165) is 38.5 Å². The summed E-state index contributed by atoms with van der Waals surface area (Å²) in [5.41, 5.74) is 13.0. The van der Waals surface area contributed by atoms with E-state index in [-0.39, 0.29) is 23.7 Å². The summed E-state index contributed by atoms with van der Waals surface area (Å²) < 4.78 is 5.24. The van der Waals surface area contributed by atoms with E-state index in [2.05, 4.69) is 13.8 Å². The Hall–Kier alpha value is -0.970. The topological polar surface area (TPSA) is 78.3 Å². The highest BCUT2D eigenvalue weighted by atomic mass is 35.5. The molecule has 138 valence electrons. The molecule has 1 rings (SSSR count). The average Bonchev–Trinajstić information content (AvgIpc) is 2.49. The second kappa shape index (κ2) is 10.8. The zero-order valence-electron chi connectivity index (χ0n) is 14.9. The van der Waals surface area contributed by atoms with E-state index in [9.17, 15) is 4.79 Å². The largest absolute Gasteiger partial charge is 0.496 e. The summed E-state index contributed by atoms with van der Waals surface area (Å²) in [6.45, 7) is 4.29. The fraction of sp³-hybridized carbons (Fsp3) is 0.611. The fourth-order valence-corrected chi connectivity index (χ4v) is 3.23. The van der Waals surface area contributed by atoms with Gasteiger partial charge in [0.25, 0.3) is 0 Å². The number of carbonyl (C=O) groups is 1. The van der Waals surface area contributed by atoms with Crippen molar-refractivity contribution in [3.05, 3.63) is 22.7 Å². The van der Waals surface area contributed by atoms with Gasteiger partial charge < -0.3 is 16.2 Å². The Labute approximate surface area is 156 Å². The average molecular weight is 377 g/mol. The number of benzene rings is 1. The standard InChI is InChI=1S/C18H29ClN2O2.ClH/c1-4-8-18(21,9-5-2)10-6-7-16(22)13-11-14(19)15(20)12-17(13)23-3;/h11-12H,4-10,20-21H2,1-3H3;1H. The molecule has 4 nitrogen and oxygen atoms in total. The number of anilines is 1. The quantitative estimate of drug-likeness (QED) is 0.444. The monoisotopic (exact) mass is 376 g/mol. The van der Waals surface area contributed by atoms with E-state index in [1.807, 2.05) is 0 Å². The molecule has 1 aromatic carbocycles. The molecule has 0 aromatic heterocycles. The summed E-state index contributed by atoms with van der Waals surface area (Å²) in [4.78, 5) is 12.5. The SMILES string of the molecule is CCCC(N)(CCC)CCCC(=O)c1cc(Cl)c(N)cc1OC.Cl. The number of rotatable bonds is 10. The third-order valence-electron chi connectivity index (χ3n) is 4.19. The van der Waals surface area contributed by atoms with Crippen LogP contribution in [0.25, 0.3) is 0 Å². The van der Waals surface area contributed by atoms with Crippen LogP contribution in [-0.4, -0.2) is 18.4 Å². The number of carbonyl (C=O) groups excluding carboxylic acids is 1. The lowest BCUT2D eigenvalue weighted by Gasteiger charge is -2.29. The van der Waals surface area contributed by atoms with Gasteiger partial charge in [0.1, 0.15) is 5.75 Å². The normalized spacial score (nSPS) is 11.0. The van der Waals surface area contributed by atoms with E-state index >= 15 is 0 Å². The first kappa shape index (κ1) is 23.0. The van der Waals surface area contributed by atoms with Gasteiger partial charge >= 0.3 is 0 Å². The number of halogens is 2. The summed E-state index contributed by atoms with van der Waals surface area (Å²) in [6.07, 6.45) is 6.16. The maximum atomic E-state index is 12.5. The molecule has 0 spiro atoms. The highest BCUT2D eigenvalue weighted by molar-refractivity contribution is 6.33. The van der Waals surface area contributed by atoms with Gasteiger partial charge in [-0.2, -0.15) is 0 Å². The van der Waals surface area contributed by atoms with Crippen LogP contribution in [0.15, 0.2) is 12.1 Å². The van der Waals surface area contributed by atoms with Crippen molar-refractivity contribution in [1.29, 1.82) is 0 Å². The Balaban J connectivity index is 0.00000529. The zero-order chi connectivity index (χ0) is 17.5. The van der Waals surface area contributed by atoms with Gasteiger partial charge in [-0.1, -0.05) is 38.3 Å². The van der Waals surface area contributed by atoms with Gasteiger partial charge in [-0.05, 0) is 31.7 Å². The van der Waals surface area contributed by atoms with Crippen LogP contribution in [0.3, 0.4) is 0 Å². The first-order chi connectivity index (χ1) is 10.9. The van der Waals surface area contributed by atoms with Gasteiger partial charge in [0.05, 0.1) is 23.4 Å². The molecule has 0 heterocycles. The summed E-state index contributed by atoms with van der Waals surface area (Å²) in [7, 11) is 1.52. The van der Waals surface area contributed by atoms with E-state index < -0.39 is 0 Å². The Kier molecular flexibility index (Phi) is 10.4. The highest BCUT2D eigenvalue weighted by Crippen LogP contribution is 2.30. The molecule has 24 heavy (non-hydrogen) atoms. The smallest absolute Gasteiger partial charge is 0.166 e. The van der Waals surface area contributed by atoms with E-state index in [4.69, 9.17) is 27.8 Å². The third kappa shape index (κ3) is 6.50. The molecule has 6 heteroatoms. The van der Waals surface area contributed by atoms with Crippen LogP contribution >= 0.6 is 24.0 Å². The fourth-order valence-electron chi connectivity index (χ4n) is 3.06. The third-order valence-corrected chi connectivity index (χ3v) is 4.52. The molecule has 0 aliphatic heterocycles. The van der Waals surface area contributed by atoms with Gasteiger partial charge in [0.15, 0.2) is 5.78 Å². The first-order valence-electron chi connectivity index (χ1n) is 8.32. The molecule has 0 amide bonds. The summed E-state index contributed by atoms with van der Waals surface area (Å²) in [5.74, 6) is 0.483. The maximum Gasteiger partial charge on any atom is 0.166 e. The van der Waals surface area contributed by atoms with Crippen molar-refractivity contribution in [3.8, 4) is 5.75 Å². The van der Waals surface area contributed by atoms with Crippen molar-refractivity contribution >= 4 is 35.5 Å². The Morgan fingerprint density at radius 1 is 1.21 bits per heavy atom. The van der Waals surface area contributed by atoms with Crippen molar-refractivity contribution in [2.75, 3.05) is 12.8 Å². The molecule has 0 aliphatic carbocycles. The molecule has 4 N–H and O–H groups in total. The summed E-state index contributed by atoms with van der Waals surface area (Å²) in [6, 6.07) is 3.18. The lowest BCUT2D eigenvalue weighted by Crippen LogP contribution is -2.39. The van der Waals surface area contributed by atoms with Crippen molar-refractivity contribution in [2.45, 2.75) is 64.3 Å². The minimum absolute atomic E-state index is 0. The zero-order valence-corrected chi connectivity index (χ0v) is 16.4. The highest BCUT2D eigenvalue weighted by Gasteiger charge is 2.23. The number of methoxy groups -OCH3 is 1. The molecular weight excluding hydrogens is 347 g/mol. The predicted octanol–water partition coefficient (Wildman–Crippen LogP) is 5.00. The molecule has 0 saturated heterocycles. The Bertz CT molecular complexity index is 530. The lowest BCUT2D eigenvalue weighted by atomic mass is 9.84. The first-order valence-corrected chi connectivity index (χ1v) is 8.69. The van der Waals surface area contributed by atoms with Crippen molar-refractivity contribution in [2.24, 2.45) is 5.73 Å². The molecule has 0 bridgehead atoms. The maximum absolute atomic E-state index is 12.5. The molecule has 0 radical (unpaired) electrons. The molecule has 1 aromatic rings. The number of nitrogens with two attached hydrogens (primary N) is 2. The van der Waals surface area contributed by atoms with Crippen molar-refractivity contribution in [1.82, 2.24) is 0 Å². The molecule has 0 saturated carbocycles. The number of ether oxygens (including phenoxy) is 1. The van der Waals surface area contributed by atoms with E-state index in [0.29, 0.717) is 28.4 Å². The van der Waals surface area contributed by atoms with Gasteiger partial charge in [-0.15, -0.1) is 12.4 Å². The summed E-state index contributed by atoms with van der Waals surface area (Å²) >= 11 is 6.02. The minimum atomic E-state index is -0.160. The van der Waals surface area contributed by atoms with E-state index in [1.54, 1.807) is 12.1 Å². The van der Waals surface area contributed by atoms with Crippen molar-refractivity contribution < 1.29 is 9.53 Å².